The highest BCUT2D eigenvalue weighted by molar-refractivity contribution is 5.79. The number of hydrogen-bond donors (Lipinski definition) is 0. The van der Waals surface area contributed by atoms with Gasteiger partial charge in [0.2, 0.25) is 0 Å². The summed E-state index contributed by atoms with van der Waals surface area (Å²) >= 11 is 0. The summed E-state index contributed by atoms with van der Waals surface area (Å²) in [5.41, 5.74) is -0.107. The van der Waals surface area contributed by atoms with Gasteiger partial charge in [-0.1, -0.05) is 12.1 Å². The summed E-state index contributed by atoms with van der Waals surface area (Å²) in [5.74, 6) is 0.827. The number of alkyl halides is 3. The van der Waals surface area contributed by atoms with Gasteiger partial charge in [-0.2, -0.15) is 13.2 Å². The second kappa shape index (κ2) is 7.21. The number of nitrogens with zero attached hydrogens (tertiary/aromatic N) is 3. The first-order chi connectivity index (χ1) is 10.8. The highest BCUT2D eigenvalue weighted by atomic mass is 19.4. The van der Waals surface area contributed by atoms with Crippen molar-refractivity contribution in [3.05, 3.63) is 35.4 Å². The van der Waals surface area contributed by atoms with E-state index in [0.717, 1.165) is 12.0 Å². The molecule has 1 aliphatic heterocycles. The van der Waals surface area contributed by atoms with Gasteiger partial charge in [0.1, 0.15) is 6.10 Å². The largest absolute Gasteiger partial charge is 0.416 e. The quantitative estimate of drug-likeness (QED) is 0.617. The monoisotopic (exact) mass is 329 g/mol. The molecule has 1 heterocycles. The van der Waals surface area contributed by atoms with Gasteiger partial charge in [0.05, 0.1) is 18.7 Å². The molecule has 2 rings (SSSR count). The molecule has 1 aromatic rings. The molecule has 1 saturated heterocycles. The number of morpholine rings is 1. The van der Waals surface area contributed by atoms with Crippen LogP contribution in [-0.4, -0.2) is 56.1 Å². The van der Waals surface area contributed by atoms with E-state index in [-0.39, 0.29) is 0 Å². The van der Waals surface area contributed by atoms with Gasteiger partial charge in [-0.05, 0) is 24.6 Å². The van der Waals surface area contributed by atoms with Crippen LogP contribution in [0, 0.1) is 0 Å². The number of aliphatic imine (C=N–C) groups is 1. The van der Waals surface area contributed by atoms with Crippen molar-refractivity contribution < 1.29 is 17.9 Å². The van der Waals surface area contributed by atoms with Crippen LogP contribution in [0.25, 0.3) is 0 Å². The Bertz CT molecular complexity index is 558. The number of rotatable bonds is 2. The molecule has 0 bridgehead atoms. The fourth-order valence-electron chi connectivity index (χ4n) is 2.61. The molecule has 0 radical (unpaired) electrons. The number of halogens is 3. The lowest BCUT2D eigenvalue weighted by molar-refractivity contribution is -0.137. The zero-order valence-electron chi connectivity index (χ0n) is 13.6. The van der Waals surface area contributed by atoms with E-state index in [2.05, 4.69) is 9.89 Å². The van der Waals surface area contributed by atoms with Crippen LogP contribution in [0.2, 0.25) is 0 Å². The summed E-state index contributed by atoms with van der Waals surface area (Å²) in [6.07, 6.45) is -4.74. The molecule has 128 valence electrons. The molecule has 1 aromatic carbocycles. The summed E-state index contributed by atoms with van der Waals surface area (Å²) in [7, 11) is 3.81. The van der Waals surface area contributed by atoms with E-state index >= 15 is 0 Å². The van der Waals surface area contributed by atoms with Gasteiger partial charge in [-0.25, -0.2) is 0 Å². The summed E-state index contributed by atoms with van der Waals surface area (Å²) in [6.45, 7) is 4.22. The molecule has 0 aromatic heterocycles. The smallest absolute Gasteiger partial charge is 0.370 e. The van der Waals surface area contributed by atoms with E-state index in [4.69, 9.17) is 4.74 Å². The van der Waals surface area contributed by atoms with Crippen molar-refractivity contribution in [3.8, 4) is 0 Å². The van der Waals surface area contributed by atoms with E-state index in [9.17, 15) is 13.2 Å². The first-order valence-corrected chi connectivity index (χ1v) is 7.58. The molecule has 1 unspecified atom stereocenters. The third-order valence-corrected chi connectivity index (χ3v) is 3.63. The number of ether oxygens (including phenoxy) is 1. The Morgan fingerprint density at radius 3 is 2.74 bits per heavy atom. The zero-order valence-corrected chi connectivity index (χ0v) is 13.6. The first-order valence-electron chi connectivity index (χ1n) is 7.58. The van der Waals surface area contributed by atoms with Crippen LogP contribution in [0.1, 0.15) is 24.2 Å². The average molecular weight is 329 g/mol. The molecule has 0 aliphatic carbocycles. The van der Waals surface area contributed by atoms with Crippen molar-refractivity contribution in [1.82, 2.24) is 9.80 Å². The Labute approximate surface area is 134 Å². The Morgan fingerprint density at radius 2 is 2.13 bits per heavy atom. The molecule has 1 fully saturated rings. The minimum Gasteiger partial charge on any atom is -0.370 e. The van der Waals surface area contributed by atoms with Gasteiger partial charge < -0.3 is 14.5 Å². The molecule has 0 saturated carbocycles. The zero-order chi connectivity index (χ0) is 17.0. The molecular weight excluding hydrogens is 307 g/mol. The number of benzene rings is 1. The van der Waals surface area contributed by atoms with E-state index in [1.807, 2.05) is 25.9 Å². The van der Waals surface area contributed by atoms with Crippen LogP contribution in [0.5, 0.6) is 0 Å². The fraction of sp³-hybridized carbons (Fsp3) is 0.562. The second-order valence-corrected chi connectivity index (χ2v) is 5.60. The van der Waals surface area contributed by atoms with E-state index in [0.29, 0.717) is 31.8 Å². The maximum Gasteiger partial charge on any atom is 0.416 e. The predicted octanol–water partition coefficient (Wildman–Crippen LogP) is 3.02. The van der Waals surface area contributed by atoms with Crippen LogP contribution in [0.4, 0.5) is 13.2 Å². The van der Waals surface area contributed by atoms with E-state index < -0.39 is 17.8 Å². The van der Waals surface area contributed by atoms with Gasteiger partial charge in [0.25, 0.3) is 0 Å². The highest BCUT2D eigenvalue weighted by Crippen LogP contribution is 2.32. The van der Waals surface area contributed by atoms with Gasteiger partial charge in [-0.15, -0.1) is 0 Å². The highest BCUT2D eigenvalue weighted by Gasteiger charge is 2.32. The lowest BCUT2D eigenvalue weighted by atomic mass is 10.0. The van der Waals surface area contributed by atoms with Crippen LogP contribution in [0.15, 0.2) is 29.3 Å². The van der Waals surface area contributed by atoms with Crippen molar-refractivity contribution >= 4 is 5.96 Å². The van der Waals surface area contributed by atoms with E-state index in [1.165, 1.54) is 12.1 Å². The van der Waals surface area contributed by atoms with Gasteiger partial charge >= 0.3 is 6.18 Å². The van der Waals surface area contributed by atoms with Crippen LogP contribution >= 0.6 is 0 Å². The third kappa shape index (κ3) is 4.37. The van der Waals surface area contributed by atoms with E-state index in [1.54, 1.807) is 6.07 Å². The molecule has 23 heavy (non-hydrogen) atoms. The fourth-order valence-corrected chi connectivity index (χ4v) is 2.61. The molecule has 1 atom stereocenters. The average Bonchev–Trinajstić information content (AvgIpc) is 2.52. The lowest BCUT2D eigenvalue weighted by Crippen LogP contribution is -2.47. The molecule has 4 nitrogen and oxygen atoms in total. The number of hydrogen-bond acceptors (Lipinski definition) is 2. The molecule has 0 spiro atoms. The Morgan fingerprint density at radius 1 is 1.39 bits per heavy atom. The van der Waals surface area contributed by atoms with Crippen LogP contribution in [-0.2, 0) is 10.9 Å². The summed E-state index contributed by atoms with van der Waals surface area (Å²) in [6, 6.07) is 5.34. The number of guanidine groups is 1. The minimum absolute atomic E-state index is 0.395. The van der Waals surface area contributed by atoms with Crippen molar-refractivity contribution in [3.63, 3.8) is 0 Å². The van der Waals surface area contributed by atoms with Crippen molar-refractivity contribution in [2.24, 2.45) is 4.99 Å². The van der Waals surface area contributed by atoms with Gasteiger partial charge in [0, 0.05) is 27.2 Å². The first kappa shape index (κ1) is 17.6. The summed E-state index contributed by atoms with van der Waals surface area (Å²) < 4.78 is 44.3. The van der Waals surface area contributed by atoms with Crippen LogP contribution < -0.4 is 0 Å². The molecule has 1 aliphatic rings. The maximum atomic E-state index is 12.9. The second-order valence-electron chi connectivity index (χ2n) is 5.60. The van der Waals surface area contributed by atoms with Crippen molar-refractivity contribution in [2.75, 3.05) is 40.3 Å². The Kier molecular flexibility index (Phi) is 5.51. The Balaban J connectivity index is 2.20. The molecule has 0 amide bonds. The molecule has 7 heteroatoms. The van der Waals surface area contributed by atoms with Gasteiger partial charge in [0.15, 0.2) is 5.96 Å². The summed E-state index contributed by atoms with van der Waals surface area (Å²) in [5, 5.41) is 0. The predicted molar refractivity (Wildman–Crippen MR) is 83.4 cm³/mol. The molecular formula is C16H22F3N3O. The van der Waals surface area contributed by atoms with Crippen molar-refractivity contribution in [1.29, 1.82) is 0 Å². The third-order valence-electron chi connectivity index (χ3n) is 3.63. The lowest BCUT2D eigenvalue weighted by Gasteiger charge is -2.37. The standard InChI is InChI=1S/C16H22F3N3O/c1-4-20-15(21(2)3)22-8-9-23-14(11-22)12-6-5-7-13(10-12)16(17,18)19/h5-7,10,14H,4,8-9,11H2,1-3H3. The SMILES string of the molecule is CCN=C(N(C)C)N1CCOC(c2cccc(C(F)(F)F)c2)C1. The topological polar surface area (TPSA) is 28.1 Å². The summed E-state index contributed by atoms with van der Waals surface area (Å²) in [4.78, 5) is 8.43. The maximum absolute atomic E-state index is 12.9. The molecule has 0 N–H and O–H groups in total. The normalized spacial score (nSPS) is 19.8. The van der Waals surface area contributed by atoms with Gasteiger partial charge in [-0.3, -0.25) is 4.99 Å². The Hall–Kier alpha value is -1.76. The van der Waals surface area contributed by atoms with Crippen molar-refractivity contribution in [2.45, 2.75) is 19.2 Å². The van der Waals surface area contributed by atoms with Crippen LogP contribution in [0.3, 0.4) is 0 Å². The minimum atomic E-state index is -4.34.